The summed E-state index contributed by atoms with van der Waals surface area (Å²) in [7, 11) is 0. The molecule has 1 N–H and O–H groups in total. The molecule has 1 aromatic rings. The van der Waals surface area contributed by atoms with E-state index >= 15 is 0 Å². The molecule has 1 heterocycles. The van der Waals surface area contributed by atoms with Crippen molar-refractivity contribution in [3.8, 4) is 5.75 Å². The summed E-state index contributed by atoms with van der Waals surface area (Å²) in [5, 5.41) is 2.42. The van der Waals surface area contributed by atoms with E-state index in [9.17, 15) is 0 Å². The summed E-state index contributed by atoms with van der Waals surface area (Å²) >= 11 is 0. The molecule has 166 valence electrons. The summed E-state index contributed by atoms with van der Waals surface area (Å²) in [5.41, 5.74) is 8.58. The van der Waals surface area contributed by atoms with Gasteiger partial charge < -0.3 is 9.75 Å². The summed E-state index contributed by atoms with van der Waals surface area (Å²) in [4.78, 5) is 4.64. The van der Waals surface area contributed by atoms with Gasteiger partial charge in [0, 0.05) is 24.0 Å². The highest BCUT2D eigenvalue weighted by Gasteiger charge is 2.21. The number of nitrogens with one attached hydrogen (secondary N) is 1. The highest BCUT2D eigenvalue weighted by atomic mass is 16.5. The largest absolute Gasteiger partial charge is 0.494 e. The predicted octanol–water partition coefficient (Wildman–Crippen LogP) is 6.73. The average molecular weight is 412 g/mol. The van der Waals surface area contributed by atoms with E-state index in [-0.39, 0.29) is 0 Å². The Morgan fingerprint density at radius 3 is 2.80 bits per heavy atom. The predicted molar refractivity (Wildman–Crippen MR) is 128 cm³/mol. The highest BCUT2D eigenvalue weighted by molar-refractivity contribution is 5.87. The Labute approximate surface area is 183 Å². The van der Waals surface area contributed by atoms with E-state index in [1.165, 1.54) is 61.9 Å². The van der Waals surface area contributed by atoms with Crippen LogP contribution < -0.4 is 10.2 Å². The Bertz CT molecular complexity index is 706. The molecule has 0 bridgehead atoms. The maximum absolute atomic E-state index is 6.03. The fourth-order valence-corrected chi connectivity index (χ4v) is 4.49. The lowest BCUT2D eigenvalue weighted by Gasteiger charge is -2.37. The first-order valence-corrected chi connectivity index (χ1v) is 12.2. The maximum atomic E-state index is 6.03. The van der Waals surface area contributed by atoms with Crippen molar-refractivity contribution in [2.45, 2.75) is 96.9 Å². The smallest absolute Gasteiger partial charge is 0.119 e. The molecule has 30 heavy (non-hydrogen) atoms. The van der Waals surface area contributed by atoms with Crippen molar-refractivity contribution in [2.75, 3.05) is 13.2 Å². The first-order chi connectivity index (χ1) is 14.7. The van der Waals surface area contributed by atoms with Crippen LogP contribution in [0.4, 0.5) is 5.69 Å². The number of hydrogen-bond acceptors (Lipinski definition) is 4. The molecule has 1 fully saturated rings. The zero-order valence-electron chi connectivity index (χ0n) is 19.2. The Morgan fingerprint density at radius 2 is 2.00 bits per heavy atom. The standard InChI is InChI=1S/C26H41N3O/c1-4-5-18-27-29(24-12-7-6-8-13-24)22(3)11-9-10-19-30-25-16-17-26-23(20-25)15-14-21(2)28-26/h16-17,20,24,27H,3-15,18-19H2,1-2H3. The molecule has 4 heteroatoms. The van der Waals surface area contributed by atoms with Crippen LogP contribution in [0.2, 0.25) is 0 Å². The van der Waals surface area contributed by atoms with Crippen LogP contribution >= 0.6 is 0 Å². The van der Waals surface area contributed by atoms with Gasteiger partial charge in [-0.15, -0.1) is 0 Å². The molecular weight excluding hydrogens is 370 g/mol. The van der Waals surface area contributed by atoms with E-state index in [1.807, 2.05) is 0 Å². The van der Waals surface area contributed by atoms with Crippen molar-refractivity contribution in [2.24, 2.45) is 4.99 Å². The number of fused-ring (bicyclic) bond motifs is 1. The number of allylic oxidation sites excluding steroid dienone is 1. The lowest BCUT2D eigenvalue weighted by atomic mass is 9.94. The van der Waals surface area contributed by atoms with Crippen molar-refractivity contribution < 1.29 is 4.74 Å². The number of nitrogens with zero attached hydrogens (tertiary/aromatic N) is 2. The third-order valence-electron chi connectivity index (χ3n) is 6.34. The minimum Gasteiger partial charge on any atom is -0.494 e. The quantitative estimate of drug-likeness (QED) is 0.306. The zero-order chi connectivity index (χ0) is 21.2. The van der Waals surface area contributed by atoms with Gasteiger partial charge >= 0.3 is 0 Å². The van der Waals surface area contributed by atoms with Crippen molar-refractivity contribution >= 4 is 11.4 Å². The first-order valence-electron chi connectivity index (χ1n) is 12.2. The number of aliphatic imine (C=N–C) groups is 1. The van der Waals surface area contributed by atoms with Crippen LogP contribution in [0.15, 0.2) is 35.5 Å². The number of aryl methyl sites for hydroxylation is 1. The van der Waals surface area contributed by atoms with Gasteiger partial charge in [0.15, 0.2) is 0 Å². The normalized spacial score (nSPS) is 16.7. The lowest BCUT2D eigenvalue weighted by Crippen LogP contribution is -2.46. The monoisotopic (exact) mass is 411 g/mol. The second-order valence-electron chi connectivity index (χ2n) is 8.93. The average Bonchev–Trinajstić information content (AvgIpc) is 2.77. The SMILES string of the molecule is C=C(CCCCOc1ccc2c(c1)CCC(C)=N2)N(NCCCC)C1CCCCC1. The van der Waals surface area contributed by atoms with E-state index in [4.69, 9.17) is 4.74 Å². The molecule has 0 radical (unpaired) electrons. The molecule has 1 aliphatic heterocycles. The summed E-state index contributed by atoms with van der Waals surface area (Å²) in [5.74, 6) is 0.979. The minimum atomic E-state index is 0.626. The number of unbranched alkanes of at least 4 members (excludes halogenated alkanes) is 2. The van der Waals surface area contributed by atoms with Gasteiger partial charge in [0.1, 0.15) is 5.75 Å². The fourth-order valence-electron chi connectivity index (χ4n) is 4.49. The Balaban J connectivity index is 1.40. The van der Waals surface area contributed by atoms with E-state index in [0.717, 1.165) is 56.7 Å². The van der Waals surface area contributed by atoms with Crippen LogP contribution in [0.5, 0.6) is 5.75 Å². The van der Waals surface area contributed by atoms with E-state index in [0.29, 0.717) is 6.04 Å². The fraction of sp³-hybridized carbons (Fsp3) is 0.654. The molecule has 2 aliphatic rings. The second kappa shape index (κ2) is 12.1. The van der Waals surface area contributed by atoms with Crippen LogP contribution in [0, 0.1) is 0 Å². The summed E-state index contributed by atoms with van der Waals surface area (Å²) in [6.07, 6.45) is 14.5. The van der Waals surface area contributed by atoms with Gasteiger partial charge in [-0.05, 0) is 82.1 Å². The first kappa shape index (κ1) is 22.9. The Hall–Kier alpha value is -1.81. The van der Waals surface area contributed by atoms with Crippen molar-refractivity contribution in [1.29, 1.82) is 0 Å². The Morgan fingerprint density at radius 1 is 1.17 bits per heavy atom. The molecule has 4 nitrogen and oxygen atoms in total. The van der Waals surface area contributed by atoms with E-state index in [2.05, 4.69) is 54.1 Å². The van der Waals surface area contributed by atoms with Crippen molar-refractivity contribution in [1.82, 2.24) is 10.4 Å². The van der Waals surface area contributed by atoms with Crippen LogP contribution in [0.25, 0.3) is 0 Å². The van der Waals surface area contributed by atoms with Gasteiger partial charge in [0.25, 0.3) is 0 Å². The summed E-state index contributed by atoms with van der Waals surface area (Å²) in [6, 6.07) is 6.95. The van der Waals surface area contributed by atoms with E-state index < -0.39 is 0 Å². The molecule has 1 aromatic carbocycles. The van der Waals surface area contributed by atoms with Crippen LogP contribution in [-0.2, 0) is 6.42 Å². The van der Waals surface area contributed by atoms with Gasteiger partial charge in [-0.1, -0.05) is 39.2 Å². The molecule has 0 spiro atoms. The molecule has 0 amide bonds. The van der Waals surface area contributed by atoms with Crippen molar-refractivity contribution in [3.05, 3.63) is 36.0 Å². The van der Waals surface area contributed by atoms with Crippen LogP contribution in [0.1, 0.15) is 90.0 Å². The molecule has 0 saturated heterocycles. The third-order valence-corrected chi connectivity index (χ3v) is 6.34. The third kappa shape index (κ3) is 6.87. The second-order valence-corrected chi connectivity index (χ2v) is 8.93. The molecule has 0 aromatic heterocycles. The van der Waals surface area contributed by atoms with E-state index in [1.54, 1.807) is 0 Å². The summed E-state index contributed by atoms with van der Waals surface area (Å²) < 4.78 is 6.03. The van der Waals surface area contributed by atoms with Gasteiger partial charge in [0.05, 0.1) is 12.3 Å². The number of benzene rings is 1. The molecule has 1 aliphatic carbocycles. The van der Waals surface area contributed by atoms with Gasteiger partial charge in [-0.3, -0.25) is 4.99 Å². The highest BCUT2D eigenvalue weighted by Crippen LogP contribution is 2.30. The van der Waals surface area contributed by atoms with Crippen LogP contribution in [0.3, 0.4) is 0 Å². The van der Waals surface area contributed by atoms with Gasteiger partial charge in [-0.25, -0.2) is 5.43 Å². The number of ether oxygens (including phenoxy) is 1. The maximum Gasteiger partial charge on any atom is 0.119 e. The molecule has 0 atom stereocenters. The van der Waals surface area contributed by atoms with Crippen molar-refractivity contribution in [3.63, 3.8) is 0 Å². The molecule has 1 saturated carbocycles. The Kier molecular flexibility index (Phi) is 9.26. The zero-order valence-corrected chi connectivity index (χ0v) is 19.2. The molecular formula is C26H41N3O. The van der Waals surface area contributed by atoms with Gasteiger partial charge in [-0.2, -0.15) is 0 Å². The minimum absolute atomic E-state index is 0.626. The lowest BCUT2D eigenvalue weighted by molar-refractivity contribution is 0.131. The molecule has 3 rings (SSSR count). The molecule has 0 unspecified atom stereocenters. The number of hydrazine groups is 1. The number of rotatable bonds is 12. The topological polar surface area (TPSA) is 36.9 Å². The summed E-state index contributed by atoms with van der Waals surface area (Å²) in [6.45, 7) is 10.6. The van der Waals surface area contributed by atoms with Crippen LogP contribution in [-0.4, -0.2) is 29.9 Å². The number of hydrogen-bond donors (Lipinski definition) is 1. The van der Waals surface area contributed by atoms with Gasteiger partial charge in [0.2, 0.25) is 0 Å².